The number of aromatic carboxylic acids is 4. The molecule has 4 fully saturated rings. The quantitative estimate of drug-likeness (QED) is 0.0556. The molecule has 0 spiro atoms. The van der Waals surface area contributed by atoms with Crippen molar-refractivity contribution < 1.29 is 76.1 Å². The van der Waals surface area contributed by atoms with Crippen LogP contribution in [0.5, 0.6) is 23.0 Å². The van der Waals surface area contributed by atoms with Crippen LogP contribution in [0.25, 0.3) is 43.6 Å². The molecule has 0 amide bonds. The number of aromatic nitrogens is 12. The number of nitrogens with one attached hydrogen (secondary N) is 2. The molecule has 6 N–H and O–H groups in total. The monoisotopic (exact) mass is 1700 g/mol. The van der Waals surface area contributed by atoms with Crippen molar-refractivity contribution in [2.75, 3.05) is 145 Å². The minimum atomic E-state index is -1.34. The van der Waals surface area contributed by atoms with Crippen LogP contribution < -0.4 is 80.7 Å². The van der Waals surface area contributed by atoms with Crippen molar-refractivity contribution in [1.82, 2.24) is 58.1 Å². The summed E-state index contributed by atoms with van der Waals surface area (Å²) in [6.07, 6.45) is 23.2. The van der Waals surface area contributed by atoms with Crippen molar-refractivity contribution >= 4 is 114 Å². The third kappa shape index (κ3) is 15.1. The minimum Gasteiger partial charge on any atom is -0.487 e. The number of anilines is 8. The number of pyridine rings is 4. The molecule has 640 valence electrons. The Balaban J connectivity index is 0.000000117. The summed E-state index contributed by atoms with van der Waals surface area (Å²) >= 11 is 0. The molecule has 0 saturated carbocycles. The van der Waals surface area contributed by atoms with E-state index in [1.54, 1.807) is 92.4 Å². The molecule has 8 aliphatic rings. The third-order valence-electron chi connectivity index (χ3n) is 23.2. The Kier molecular flexibility index (Phi) is 21.9. The average molecular weight is 1700 g/mol. The Hall–Kier alpha value is -14.8. The maximum absolute atomic E-state index is 15.3. The fourth-order valence-corrected chi connectivity index (χ4v) is 17.1. The van der Waals surface area contributed by atoms with Crippen LogP contribution in [-0.2, 0) is 0 Å². The standard InChI is InChI=1S/4C21H20FN5O4/c1-11-10-31-20-17-13(19(28)14(21(29)30)9-27(11)17)6-15(22)18(20)26-5-2-12(8-26)25-16-7-23-3-4-24-16;1-11-10-31-19-16-13(18(28)14(20(29)30)9-27(11)16)7-15(22)17(19)26-6-3-12(8-26)25-21-23-4-2-5-24-21;1-12-11-31-20-17-13(19(28)14(21(29)30)10-27(12)17)8-15(22)18(20)26-6-4-25(5-7-26)16-9-23-2-3-24-16;1-12-11-31-19-16-13(18(28)14(20(29)30)10-27(12)16)9-15(22)17(19)25-5-7-26(8-6-25)21-23-3-2-4-24-21/h3-4,6-7,9,11-12H,2,5,8,10H2,1H3,(H,24,25)(H,29,30);2,4-5,7,9,11-12H,3,6,8,10H2,1H3,(H,29,30)(H,23,24,25);2-3,8-10,12H,4-7,11H2,1H3,(H,29,30);2-4,9-10,12H,5-8,11H2,1H3,(H,29,30)/t2*11-,12+;2*12-/m0000/s1. The number of benzene rings is 4. The zero-order valence-electron chi connectivity index (χ0n) is 67.0. The van der Waals surface area contributed by atoms with Gasteiger partial charge in [0, 0.05) is 165 Å². The number of rotatable bonds is 14. The molecule has 20 rings (SSSR count). The predicted octanol–water partition coefficient (Wildman–Crippen LogP) is 8.36. The first-order valence-electron chi connectivity index (χ1n) is 40.0. The highest BCUT2D eigenvalue weighted by atomic mass is 19.1. The van der Waals surface area contributed by atoms with Crippen LogP contribution in [0.3, 0.4) is 0 Å². The number of hydrogen-bond donors (Lipinski definition) is 6. The summed E-state index contributed by atoms with van der Waals surface area (Å²) in [5, 5.41) is 44.2. The van der Waals surface area contributed by atoms with Crippen molar-refractivity contribution in [3.8, 4) is 23.0 Å². The molecule has 0 radical (unpaired) electrons. The normalized spacial score (nSPS) is 19.1. The van der Waals surface area contributed by atoms with E-state index in [1.165, 1.54) is 24.8 Å². The Morgan fingerprint density at radius 2 is 0.702 bits per heavy atom. The van der Waals surface area contributed by atoms with Gasteiger partial charge in [-0.1, -0.05) is 0 Å². The summed E-state index contributed by atoms with van der Waals surface area (Å²) in [5.41, 5.74) is -1.49. The maximum Gasteiger partial charge on any atom is 0.341 e. The summed E-state index contributed by atoms with van der Waals surface area (Å²) in [6.45, 7) is 15.2. The van der Waals surface area contributed by atoms with E-state index in [1.807, 2.05) is 52.2 Å². The lowest BCUT2D eigenvalue weighted by atomic mass is 10.1. The lowest BCUT2D eigenvalue weighted by Crippen LogP contribution is -2.47. The average Bonchev–Trinajstić information content (AvgIpc) is 0.923. The van der Waals surface area contributed by atoms with Gasteiger partial charge in [-0.05, 0) is 76.9 Å². The number of hydrogen-bond acceptors (Lipinski definition) is 28. The van der Waals surface area contributed by atoms with Crippen LogP contribution in [0, 0.1) is 23.3 Å². The number of halogens is 4. The van der Waals surface area contributed by atoms with E-state index in [-0.39, 0.29) is 135 Å². The van der Waals surface area contributed by atoms with Gasteiger partial charge in [-0.3, -0.25) is 29.1 Å². The summed E-state index contributed by atoms with van der Waals surface area (Å²) < 4.78 is 91.6. The van der Waals surface area contributed by atoms with Gasteiger partial charge in [0.15, 0.2) is 46.3 Å². The molecule has 0 bridgehead atoms. The van der Waals surface area contributed by atoms with Crippen LogP contribution in [0.2, 0.25) is 0 Å². The number of piperazine rings is 2. The number of ether oxygens (including phenoxy) is 4. The van der Waals surface area contributed by atoms with Crippen LogP contribution in [-0.4, -0.2) is 219 Å². The van der Waals surface area contributed by atoms with Gasteiger partial charge in [-0.2, -0.15) is 0 Å². The molecule has 40 heteroatoms. The fourth-order valence-electron chi connectivity index (χ4n) is 17.1. The van der Waals surface area contributed by atoms with E-state index in [9.17, 15) is 58.8 Å². The first-order chi connectivity index (χ1) is 59.8. The molecule has 8 aliphatic heterocycles. The number of carboxylic acid groups (broad SMARTS) is 4. The van der Waals surface area contributed by atoms with Gasteiger partial charge in [0.05, 0.1) is 80.2 Å². The Morgan fingerprint density at radius 3 is 1.04 bits per heavy atom. The molecular formula is C84H80F4N20O16. The summed E-state index contributed by atoms with van der Waals surface area (Å²) in [4.78, 5) is 142. The van der Waals surface area contributed by atoms with Gasteiger partial charge >= 0.3 is 23.9 Å². The van der Waals surface area contributed by atoms with Crippen LogP contribution in [0.4, 0.5) is 63.8 Å². The van der Waals surface area contributed by atoms with Gasteiger partial charge in [-0.15, -0.1) is 0 Å². The fraction of sp³-hybridized carbons (Fsp3) is 0.333. The highest BCUT2D eigenvalue weighted by molar-refractivity contribution is 6.01. The van der Waals surface area contributed by atoms with E-state index >= 15 is 17.6 Å². The first-order valence-corrected chi connectivity index (χ1v) is 40.0. The van der Waals surface area contributed by atoms with Crippen LogP contribution in [0.1, 0.15) is 106 Å². The second-order valence-corrected chi connectivity index (χ2v) is 31.1. The minimum absolute atomic E-state index is 0.00857. The van der Waals surface area contributed by atoms with Gasteiger partial charge in [0.25, 0.3) is 0 Å². The highest BCUT2D eigenvalue weighted by Gasteiger charge is 2.39. The SMILES string of the molecule is C[C@H]1COc2c(N3CCN(c4cnccn4)CC3)c(F)cc3c(=O)c(C(=O)O)cn1c23.C[C@H]1COc2c(N3CCN(c4ncccn4)CC3)c(F)cc3c(=O)c(C(=O)O)cn1c23.C[C@H]1COc2c(N3CC[C@@H](Nc4cnccn4)C3)c(F)cc3c(=O)c(C(=O)O)cn1c23.C[C@H]1COc2c(N3CC[C@@H](Nc4ncccn4)C3)c(F)cc3c(=O)c(C(=O)O)cn1c23. The predicted molar refractivity (Wildman–Crippen MR) is 447 cm³/mol. The molecule has 6 atom stereocenters. The van der Waals surface area contributed by atoms with Crippen molar-refractivity contribution in [2.24, 2.45) is 0 Å². The van der Waals surface area contributed by atoms with E-state index in [0.717, 1.165) is 42.9 Å². The molecule has 8 aromatic heterocycles. The Bertz CT molecular complexity index is 5860. The summed E-state index contributed by atoms with van der Waals surface area (Å²) in [5.74, 6) is -4.08. The molecule has 36 nitrogen and oxygen atoms in total. The highest BCUT2D eigenvalue weighted by Crippen LogP contribution is 2.48. The van der Waals surface area contributed by atoms with E-state index in [2.05, 4.69) is 55.4 Å². The lowest BCUT2D eigenvalue weighted by Gasteiger charge is -2.38. The molecule has 0 aliphatic carbocycles. The molecule has 4 aromatic carbocycles. The molecule has 4 saturated heterocycles. The zero-order chi connectivity index (χ0) is 86.8. The summed E-state index contributed by atoms with van der Waals surface area (Å²) in [7, 11) is 0. The molecule has 0 unspecified atom stereocenters. The molecule has 16 heterocycles. The zero-order valence-corrected chi connectivity index (χ0v) is 67.0. The first kappa shape index (κ1) is 81.6. The second kappa shape index (κ2) is 33.3. The molecular weight excluding hydrogens is 1620 g/mol. The van der Waals surface area contributed by atoms with E-state index in [0.29, 0.717) is 135 Å². The van der Waals surface area contributed by atoms with Gasteiger partial charge in [-0.25, -0.2) is 66.6 Å². The maximum atomic E-state index is 15.3. The van der Waals surface area contributed by atoms with Crippen molar-refractivity contribution in [3.63, 3.8) is 0 Å². The van der Waals surface area contributed by atoms with Crippen molar-refractivity contribution in [2.45, 2.75) is 76.8 Å². The third-order valence-corrected chi connectivity index (χ3v) is 23.2. The summed E-state index contributed by atoms with van der Waals surface area (Å²) in [6, 6.07) is 7.28. The molecule has 12 aromatic rings. The topological polar surface area (TPSA) is 421 Å². The second-order valence-electron chi connectivity index (χ2n) is 31.1. The van der Waals surface area contributed by atoms with Crippen LogP contribution in [0.15, 0.2) is 142 Å². The number of carbonyl (C=O) groups is 4. The molecule has 124 heavy (non-hydrogen) atoms. The van der Waals surface area contributed by atoms with E-state index in [4.69, 9.17) is 18.9 Å². The number of nitrogens with zero attached hydrogens (tertiary/aromatic N) is 18. The van der Waals surface area contributed by atoms with Gasteiger partial charge < -0.3 is 97.7 Å². The van der Waals surface area contributed by atoms with Gasteiger partial charge in [0.1, 0.15) is 83.1 Å². The Labute approximate surface area is 699 Å². The smallest absolute Gasteiger partial charge is 0.341 e. The van der Waals surface area contributed by atoms with Crippen molar-refractivity contribution in [3.05, 3.63) is 210 Å². The lowest BCUT2D eigenvalue weighted by molar-refractivity contribution is 0.0683. The Morgan fingerprint density at radius 1 is 0.379 bits per heavy atom. The largest absolute Gasteiger partial charge is 0.487 e. The van der Waals surface area contributed by atoms with Gasteiger partial charge in [0.2, 0.25) is 33.6 Å². The van der Waals surface area contributed by atoms with E-state index < -0.39 is 68.9 Å². The number of carboxylic acids is 4. The van der Waals surface area contributed by atoms with Crippen molar-refractivity contribution in [1.29, 1.82) is 0 Å². The van der Waals surface area contributed by atoms with Crippen LogP contribution >= 0.6 is 0 Å².